The Morgan fingerprint density at radius 2 is 1.74 bits per heavy atom. The van der Waals surface area contributed by atoms with Gasteiger partial charge in [0.2, 0.25) is 5.78 Å². The van der Waals surface area contributed by atoms with Crippen molar-refractivity contribution in [1.82, 2.24) is 0 Å². The molecule has 0 bridgehead atoms. The molecule has 2 aromatic carbocycles. The molecule has 0 N–H and O–H groups in total. The van der Waals surface area contributed by atoms with E-state index in [0.29, 0.717) is 0 Å². The second kappa shape index (κ2) is 4.63. The fourth-order valence-corrected chi connectivity index (χ4v) is 3.23. The number of carbonyl (C=O) groups excluding carboxylic acids is 1. The Morgan fingerprint density at radius 1 is 1.00 bits per heavy atom. The molecule has 0 spiro atoms. The molecule has 0 amide bonds. The zero-order chi connectivity index (χ0) is 13.4. The molecule has 0 unspecified atom stereocenters. The maximum atomic E-state index is 12.6. The van der Waals surface area contributed by atoms with Crippen LogP contribution in [-0.4, -0.2) is 5.78 Å². The monoisotopic (exact) mass is 266 g/mol. The van der Waals surface area contributed by atoms with E-state index in [4.69, 9.17) is 0 Å². The summed E-state index contributed by atoms with van der Waals surface area (Å²) < 4.78 is 0. The molecule has 0 aliphatic rings. The summed E-state index contributed by atoms with van der Waals surface area (Å²) in [4.78, 5) is 14.7. The molecule has 1 nitrogen and oxygen atoms in total. The smallest absolute Gasteiger partial charge is 0.203 e. The van der Waals surface area contributed by atoms with Crippen molar-refractivity contribution in [3.05, 3.63) is 69.4 Å². The van der Waals surface area contributed by atoms with E-state index in [9.17, 15) is 4.79 Å². The third-order valence-corrected chi connectivity index (χ3v) is 4.58. The van der Waals surface area contributed by atoms with Gasteiger partial charge in [-0.15, -0.1) is 11.3 Å². The first kappa shape index (κ1) is 12.1. The van der Waals surface area contributed by atoms with Crippen LogP contribution in [-0.2, 0) is 0 Å². The lowest BCUT2D eigenvalue weighted by molar-refractivity contribution is 0.104. The lowest BCUT2D eigenvalue weighted by Crippen LogP contribution is -1.99. The predicted molar refractivity (Wildman–Crippen MR) is 81.2 cm³/mol. The minimum atomic E-state index is 0.123. The Labute approximate surface area is 116 Å². The Bertz CT molecular complexity index is 743. The van der Waals surface area contributed by atoms with E-state index in [2.05, 4.69) is 6.92 Å². The van der Waals surface area contributed by atoms with Gasteiger partial charge in [0, 0.05) is 10.4 Å². The van der Waals surface area contributed by atoms with Crippen LogP contribution >= 0.6 is 11.3 Å². The highest BCUT2D eigenvalue weighted by Crippen LogP contribution is 2.26. The number of benzene rings is 2. The zero-order valence-electron chi connectivity index (χ0n) is 10.9. The van der Waals surface area contributed by atoms with Crippen LogP contribution in [0.1, 0.15) is 25.7 Å². The first-order valence-electron chi connectivity index (χ1n) is 6.26. The molecule has 0 fully saturated rings. The van der Waals surface area contributed by atoms with Crippen LogP contribution in [0.2, 0.25) is 0 Å². The second-order valence-corrected chi connectivity index (χ2v) is 5.96. The number of carbonyl (C=O) groups is 1. The summed E-state index contributed by atoms with van der Waals surface area (Å²) in [5.74, 6) is 0.123. The van der Waals surface area contributed by atoms with Crippen LogP contribution in [0.25, 0.3) is 10.8 Å². The summed E-state index contributed by atoms with van der Waals surface area (Å²) in [5.41, 5.74) is 1.98. The summed E-state index contributed by atoms with van der Waals surface area (Å²) in [7, 11) is 0. The van der Waals surface area contributed by atoms with Crippen molar-refractivity contribution in [2.24, 2.45) is 0 Å². The van der Waals surface area contributed by atoms with E-state index in [1.807, 2.05) is 55.5 Å². The molecular formula is C17H14OS. The number of hydrogen-bond donors (Lipinski definition) is 0. The van der Waals surface area contributed by atoms with Crippen LogP contribution in [0.5, 0.6) is 0 Å². The van der Waals surface area contributed by atoms with Crippen molar-refractivity contribution >= 4 is 27.9 Å². The van der Waals surface area contributed by atoms with Gasteiger partial charge < -0.3 is 0 Å². The normalized spacial score (nSPS) is 10.8. The summed E-state index contributed by atoms with van der Waals surface area (Å²) in [5, 5.41) is 2.14. The minimum Gasteiger partial charge on any atom is -0.288 e. The molecule has 0 atom stereocenters. The van der Waals surface area contributed by atoms with E-state index >= 15 is 0 Å². The summed E-state index contributed by atoms with van der Waals surface area (Å²) in [6, 6.07) is 15.9. The van der Waals surface area contributed by atoms with Gasteiger partial charge in [0.25, 0.3) is 0 Å². The number of rotatable bonds is 2. The molecule has 0 saturated heterocycles. The summed E-state index contributed by atoms with van der Waals surface area (Å²) in [6.45, 7) is 4.10. The molecule has 0 radical (unpaired) electrons. The van der Waals surface area contributed by atoms with Crippen LogP contribution in [0.3, 0.4) is 0 Å². The summed E-state index contributed by atoms with van der Waals surface area (Å²) in [6.07, 6.45) is 0. The van der Waals surface area contributed by atoms with Gasteiger partial charge in [0.05, 0.1) is 4.88 Å². The standard InChI is InChI=1S/C17H14OS/c1-11-10-16(19-12(11)2)17(18)15-9-5-7-13-6-3-4-8-14(13)15/h3-10H,1-2H3. The van der Waals surface area contributed by atoms with Crippen molar-refractivity contribution in [3.63, 3.8) is 0 Å². The minimum absolute atomic E-state index is 0.123. The quantitative estimate of drug-likeness (QED) is 0.612. The first-order valence-corrected chi connectivity index (χ1v) is 7.08. The molecule has 0 aliphatic carbocycles. The summed E-state index contributed by atoms with van der Waals surface area (Å²) >= 11 is 1.58. The molecular weight excluding hydrogens is 252 g/mol. The maximum absolute atomic E-state index is 12.6. The van der Waals surface area contributed by atoms with Crippen molar-refractivity contribution in [1.29, 1.82) is 0 Å². The molecule has 3 aromatic rings. The van der Waals surface area contributed by atoms with Crippen LogP contribution < -0.4 is 0 Å². The predicted octanol–water partition coefficient (Wildman–Crippen LogP) is 4.75. The Kier molecular flexibility index (Phi) is 2.96. The average molecular weight is 266 g/mol. The van der Waals surface area contributed by atoms with E-state index < -0.39 is 0 Å². The number of aryl methyl sites for hydroxylation is 2. The molecule has 2 heteroatoms. The fraction of sp³-hybridized carbons (Fsp3) is 0.118. The first-order chi connectivity index (χ1) is 9.16. The van der Waals surface area contributed by atoms with Crippen molar-refractivity contribution in [2.75, 3.05) is 0 Å². The number of thiophene rings is 1. The van der Waals surface area contributed by atoms with Gasteiger partial charge in [0.1, 0.15) is 0 Å². The number of ketones is 1. The molecule has 94 valence electrons. The maximum Gasteiger partial charge on any atom is 0.203 e. The van der Waals surface area contributed by atoms with Crippen molar-refractivity contribution in [3.8, 4) is 0 Å². The lowest BCUT2D eigenvalue weighted by Gasteiger charge is -2.04. The van der Waals surface area contributed by atoms with Gasteiger partial charge in [0.15, 0.2) is 0 Å². The van der Waals surface area contributed by atoms with Gasteiger partial charge in [-0.05, 0) is 36.2 Å². The topological polar surface area (TPSA) is 17.1 Å². The zero-order valence-corrected chi connectivity index (χ0v) is 11.8. The van der Waals surface area contributed by atoms with Gasteiger partial charge >= 0.3 is 0 Å². The van der Waals surface area contributed by atoms with Gasteiger partial charge in [-0.25, -0.2) is 0 Å². The molecule has 0 aliphatic heterocycles. The van der Waals surface area contributed by atoms with Gasteiger partial charge in [-0.2, -0.15) is 0 Å². The third-order valence-electron chi connectivity index (χ3n) is 3.42. The Morgan fingerprint density at radius 3 is 2.47 bits per heavy atom. The van der Waals surface area contributed by atoms with Gasteiger partial charge in [-0.3, -0.25) is 4.79 Å². The highest BCUT2D eigenvalue weighted by Gasteiger charge is 2.15. The third kappa shape index (κ3) is 2.08. The van der Waals surface area contributed by atoms with E-state index in [0.717, 1.165) is 21.2 Å². The average Bonchev–Trinajstić information content (AvgIpc) is 2.77. The van der Waals surface area contributed by atoms with E-state index in [-0.39, 0.29) is 5.78 Å². The number of fused-ring (bicyclic) bond motifs is 1. The van der Waals surface area contributed by atoms with Crippen molar-refractivity contribution in [2.45, 2.75) is 13.8 Å². The molecule has 19 heavy (non-hydrogen) atoms. The van der Waals surface area contributed by atoms with Crippen LogP contribution in [0.4, 0.5) is 0 Å². The molecule has 1 heterocycles. The van der Waals surface area contributed by atoms with Crippen molar-refractivity contribution < 1.29 is 4.79 Å². The highest BCUT2D eigenvalue weighted by molar-refractivity contribution is 7.14. The lowest BCUT2D eigenvalue weighted by atomic mass is 10.0. The van der Waals surface area contributed by atoms with E-state index in [1.165, 1.54) is 10.4 Å². The second-order valence-electron chi connectivity index (χ2n) is 4.71. The van der Waals surface area contributed by atoms with Crippen LogP contribution in [0.15, 0.2) is 48.5 Å². The van der Waals surface area contributed by atoms with Gasteiger partial charge in [-0.1, -0.05) is 42.5 Å². The largest absolute Gasteiger partial charge is 0.288 e. The van der Waals surface area contributed by atoms with E-state index in [1.54, 1.807) is 11.3 Å². The number of hydrogen-bond acceptors (Lipinski definition) is 2. The molecule has 3 rings (SSSR count). The van der Waals surface area contributed by atoms with Crippen LogP contribution in [0, 0.1) is 13.8 Å². The Hall–Kier alpha value is -1.93. The Balaban J connectivity index is 2.16. The fourth-order valence-electron chi connectivity index (χ4n) is 2.24. The highest BCUT2D eigenvalue weighted by atomic mass is 32.1. The SMILES string of the molecule is Cc1cc(C(=O)c2cccc3ccccc23)sc1C. The molecule has 0 saturated carbocycles. The molecule has 1 aromatic heterocycles.